The molecule has 0 spiro atoms. The Morgan fingerprint density at radius 2 is 1.72 bits per heavy atom. The molecule has 0 aliphatic carbocycles. The topological polar surface area (TPSA) is 83.8 Å². The maximum atomic E-state index is 13.2. The zero-order chi connectivity index (χ0) is 27.9. The van der Waals surface area contributed by atoms with Crippen molar-refractivity contribution in [2.24, 2.45) is 0 Å². The van der Waals surface area contributed by atoms with Gasteiger partial charge in [0.2, 0.25) is 5.75 Å². The summed E-state index contributed by atoms with van der Waals surface area (Å²) in [6.07, 6.45) is 1.74. The highest BCUT2D eigenvalue weighted by molar-refractivity contribution is 6.31. The number of fused-ring (bicyclic) bond motifs is 1. The van der Waals surface area contributed by atoms with Gasteiger partial charge in [0.1, 0.15) is 11.6 Å². The van der Waals surface area contributed by atoms with Crippen LogP contribution in [0.5, 0.6) is 23.0 Å². The number of para-hydroxylation sites is 2. The number of carbonyl (C=O) groups excluding carboxylic acids is 1. The summed E-state index contributed by atoms with van der Waals surface area (Å²) in [5, 5.41) is 3.81. The van der Waals surface area contributed by atoms with E-state index in [0.29, 0.717) is 29.4 Å². The first-order valence-electron chi connectivity index (χ1n) is 12.8. The van der Waals surface area contributed by atoms with Crippen molar-refractivity contribution >= 4 is 28.5 Å². The van der Waals surface area contributed by atoms with Crippen molar-refractivity contribution in [2.45, 2.75) is 39.3 Å². The van der Waals surface area contributed by atoms with Crippen LogP contribution in [0.15, 0.2) is 54.6 Å². The van der Waals surface area contributed by atoms with Crippen LogP contribution in [0.1, 0.15) is 47.6 Å². The van der Waals surface area contributed by atoms with Crippen LogP contribution in [0.3, 0.4) is 0 Å². The van der Waals surface area contributed by atoms with E-state index in [4.69, 9.17) is 35.5 Å². The van der Waals surface area contributed by atoms with Gasteiger partial charge in [-0.15, -0.1) is 0 Å². The predicted molar refractivity (Wildman–Crippen MR) is 153 cm³/mol. The van der Waals surface area contributed by atoms with Crippen LogP contribution in [-0.4, -0.2) is 43.4 Å². The number of hydrogen-bond acceptors (Lipinski definition) is 6. The minimum absolute atomic E-state index is 0.271. The van der Waals surface area contributed by atoms with Gasteiger partial charge >= 0.3 is 0 Å². The van der Waals surface area contributed by atoms with Crippen molar-refractivity contribution in [3.05, 3.63) is 76.6 Å². The lowest BCUT2D eigenvalue weighted by molar-refractivity contribution is 0.0936. The molecule has 3 aromatic carbocycles. The van der Waals surface area contributed by atoms with Crippen molar-refractivity contribution in [1.29, 1.82) is 0 Å². The molecule has 1 N–H and O–H groups in total. The van der Waals surface area contributed by atoms with Gasteiger partial charge in [-0.3, -0.25) is 4.79 Å². The van der Waals surface area contributed by atoms with E-state index in [1.165, 1.54) is 21.3 Å². The summed E-state index contributed by atoms with van der Waals surface area (Å²) >= 11 is 6.11. The smallest absolute Gasteiger partial charge is 0.252 e. The first kappa shape index (κ1) is 28.1. The van der Waals surface area contributed by atoms with E-state index in [0.717, 1.165) is 52.6 Å². The molecule has 0 saturated heterocycles. The van der Waals surface area contributed by atoms with E-state index in [1.807, 2.05) is 56.3 Å². The molecule has 9 heteroatoms. The minimum Gasteiger partial charge on any atom is -0.494 e. The lowest BCUT2D eigenvalue weighted by Crippen LogP contribution is -2.29. The van der Waals surface area contributed by atoms with Crippen LogP contribution in [0.2, 0.25) is 5.02 Å². The fourth-order valence-electron chi connectivity index (χ4n) is 4.49. The largest absolute Gasteiger partial charge is 0.494 e. The van der Waals surface area contributed by atoms with Gasteiger partial charge in [0.25, 0.3) is 5.91 Å². The number of ether oxygens (including phenoxy) is 4. The number of aromatic nitrogens is 2. The van der Waals surface area contributed by atoms with E-state index >= 15 is 0 Å². The van der Waals surface area contributed by atoms with Crippen LogP contribution >= 0.6 is 11.6 Å². The summed E-state index contributed by atoms with van der Waals surface area (Å²) in [5.41, 5.74) is 3.30. The number of amides is 1. The summed E-state index contributed by atoms with van der Waals surface area (Å²) in [7, 11) is 4.56. The number of imidazole rings is 1. The zero-order valence-electron chi connectivity index (χ0n) is 22.9. The van der Waals surface area contributed by atoms with Crippen LogP contribution in [0.25, 0.3) is 11.0 Å². The molecule has 0 saturated carbocycles. The summed E-state index contributed by atoms with van der Waals surface area (Å²) < 4.78 is 24.3. The molecule has 1 amide bonds. The van der Waals surface area contributed by atoms with Gasteiger partial charge < -0.3 is 28.8 Å². The van der Waals surface area contributed by atoms with Crippen molar-refractivity contribution in [3.63, 3.8) is 0 Å². The second-order valence-electron chi connectivity index (χ2n) is 9.19. The summed E-state index contributed by atoms with van der Waals surface area (Å²) in [6, 6.07) is 16.6. The third-order valence-electron chi connectivity index (χ3n) is 6.52. The lowest BCUT2D eigenvalue weighted by Gasteiger charge is -2.18. The summed E-state index contributed by atoms with van der Waals surface area (Å²) in [6.45, 7) is 5.22. The summed E-state index contributed by atoms with van der Waals surface area (Å²) in [4.78, 5) is 18.1. The quantitative estimate of drug-likeness (QED) is 0.206. The Hall–Kier alpha value is -3.91. The zero-order valence-corrected chi connectivity index (χ0v) is 23.7. The molecule has 1 aromatic heterocycles. The second-order valence-corrected chi connectivity index (χ2v) is 9.59. The Labute approximate surface area is 233 Å². The Morgan fingerprint density at radius 3 is 2.38 bits per heavy atom. The number of methoxy groups -OCH3 is 3. The SMILES string of the molecule is COc1cc(C(=O)NC(C)c2nc3ccccc3n2CCCCOc2ccc(Cl)c(C)c2)cc(OC)c1OC. The van der Waals surface area contributed by atoms with Crippen LogP contribution in [0, 0.1) is 6.92 Å². The van der Waals surface area contributed by atoms with Gasteiger partial charge in [-0.25, -0.2) is 4.98 Å². The van der Waals surface area contributed by atoms with Crippen molar-refractivity contribution < 1.29 is 23.7 Å². The van der Waals surface area contributed by atoms with E-state index in [1.54, 1.807) is 12.1 Å². The average Bonchev–Trinajstić information content (AvgIpc) is 3.32. The molecule has 0 radical (unpaired) electrons. The van der Waals surface area contributed by atoms with Gasteiger partial charge in [0.15, 0.2) is 11.5 Å². The van der Waals surface area contributed by atoms with E-state index in [-0.39, 0.29) is 11.9 Å². The second kappa shape index (κ2) is 12.8. The maximum absolute atomic E-state index is 13.2. The molecule has 206 valence electrons. The molecule has 0 aliphatic heterocycles. The Balaban J connectivity index is 1.46. The molecule has 0 fully saturated rings. The number of aryl methyl sites for hydroxylation is 2. The standard InChI is InChI=1S/C30H34ClN3O5/c1-19-16-22(12-13-23(19)31)39-15-9-8-14-34-25-11-7-6-10-24(25)33-29(34)20(2)32-30(35)21-17-26(36-3)28(38-5)27(18-21)37-4/h6-7,10-13,16-18,20H,8-9,14-15H2,1-5H3,(H,32,35). The number of rotatable bonds is 12. The lowest BCUT2D eigenvalue weighted by atomic mass is 10.1. The highest BCUT2D eigenvalue weighted by Gasteiger charge is 2.22. The van der Waals surface area contributed by atoms with Gasteiger partial charge in [-0.2, -0.15) is 0 Å². The fraction of sp³-hybridized carbons (Fsp3) is 0.333. The normalized spacial score (nSPS) is 11.7. The first-order chi connectivity index (χ1) is 18.9. The van der Waals surface area contributed by atoms with Gasteiger partial charge in [-0.1, -0.05) is 23.7 Å². The number of halogens is 1. The number of carbonyl (C=O) groups is 1. The molecule has 4 rings (SSSR count). The number of hydrogen-bond donors (Lipinski definition) is 1. The van der Waals surface area contributed by atoms with E-state index in [2.05, 4.69) is 9.88 Å². The summed E-state index contributed by atoms with van der Waals surface area (Å²) in [5.74, 6) is 2.59. The average molecular weight is 552 g/mol. The number of benzene rings is 3. The monoisotopic (exact) mass is 551 g/mol. The Kier molecular flexibility index (Phi) is 9.19. The van der Waals surface area contributed by atoms with Crippen molar-refractivity contribution in [1.82, 2.24) is 14.9 Å². The van der Waals surface area contributed by atoms with Gasteiger partial charge in [-0.05, 0) is 74.7 Å². The van der Waals surface area contributed by atoms with Gasteiger partial charge in [0, 0.05) is 17.1 Å². The number of nitrogens with one attached hydrogen (secondary N) is 1. The molecule has 4 aromatic rings. The highest BCUT2D eigenvalue weighted by Crippen LogP contribution is 2.38. The molecule has 8 nitrogen and oxygen atoms in total. The third-order valence-corrected chi connectivity index (χ3v) is 6.94. The molecule has 1 heterocycles. The predicted octanol–water partition coefficient (Wildman–Crippen LogP) is 6.37. The maximum Gasteiger partial charge on any atom is 0.252 e. The molecule has 1 unspecified atom stereocenters. The fourth-order valence-corrected chi connectivity index (χ4v) is 4.60. The molecule has 0 aliphatic rings. The van der Waals surface area contributed by atoms with Crippen LogP contribution < -0.4 is 24.3 Å². The third kappa shape index (κ3) is 6.40. The molecule has 1 atom stereocenters. The Bertz CT molecular complexity index is 1430. The van der Waals surface area contributed by atoms with Gasteiger partial charge in [0.05, 0.1) is 45.0 Å². The number of unbranched alkanes of at least 4 members (excludes halogenated alkanes) is 1. The molecule has 39 heavy (non-hydrogen) atoms. The first-order valence-corrected chi connectivity index (χ1v) is 13.2. The van der Waals surface area contributed by atoms with Crippen molar-refractivity contribution in [3.8, 4) is 23.0 Å². The van der Waals surface area contributed by atoms with Crippen LogP contribution in [-0.2, 0) is 6.54 Å². The van der Waals surface area contributed by atoms with E-state index < -0.39 is 0 Å². The van der Waals surface area contributed by atoms with E-state index in [9.17, 15) is 4.79 Å². The minimum atomic E-state index is -0.350. The Morgan fingerprint density at radius 1 is 1.00 bits per heavy atom. The van der Waals surface area contributed by atoms with Crippen LogP contribution in [0.4, 0.5) is 0 Å². The highest BCUT2D eigenvalue weighted by atomic mass is 35.5. The number of nitrogens with zero attached hydrogens (tertiary/aromatic N) is 2. The molecule has 0 bridgehead atoms. The van der Waals surface area contributed by atoms with Crippen molar-refractivity contribution in [2.75, 3.05) is 27.9 Å². The molecular weight excluding hydrogens is 518 g/mol. The molecular formula is C30H34ClN3O5.